The van der Waals surface area contributed by atoms with E-state index < -0.39 is 0 Å². The minimum absolute atomic E-state index is 0.721. The van der Waals surface area contributed by atoms with Gasteiger partial charge in [0, 0.05) is 0 Å². The fraction of sp³-hybridized carbons (Fsp3) is 0.357. The molecule has 0 unspecified atom stereocenters. The zero-order chi connectivity index (χ0) is 12.3. The van der Waals surface area contributed by atoms with E-state index in [9.17, 15) is 0 Å². The van der Waals surface area contributed by atoms with E-state index in [2.05, 4.69) is 59.0 Å². The molecule has 0 N–H and O–H groups in total. The Labute approximate surface area is 115 Å². The maximum absolute atomic E-state index is 4.59. The van der Waals surface area contributed by atoms with Crippen LogP contribution in [0.4, 0.5) is 0 Å². The van der Waals surface area contributed by atoms with E-state index in [1.165, 1.54) is 22.6 Å². The number of benzene rings is 1. The summed E-state index contributed by atoms with van der Waals surface area (Å²) in [6, 6.07) is 10.5. The van der Waals surface area contributed by atoms with E-state index in [0.717, 1.165) is 16.3 Å². The van der Waals surface area contributed by atoms with Crippen LogP contribution in [0.3, 0.4) is 0 Å². The third-order valence-electron chi connectivity index (χ3n) is 2.67. The summed E-state index contributed by atoms with van der Waals surface area (Å²) < 4.78 is 0.982. The van der Waals surface area contributed by atoms with Gasteiger partial charge in [0.15, 0.2) is 3.92 Å². The van der Waals surface area contributed by atoms with Crippen LogP contribution in [-0.2, 0) is 6.42 Å². The summed E-state index contributed by atoms with van der Waals surface area (Å²) in [5.74, 6) is 0.721. The molecule has 0 spiro atoms. The molecule has 3 heteroatoms. The number of hydrogen-bond donors (Lipinski definition) is 0. The van der Waals surface area contributed by atoms with Gasteiger partial charge in [-0.25, -0.2) is 4.98 Å². The number of thiazole rings is 1. The Balaban J connectivity index is 2.28. The molecule has 1 aromatic heterocycles. The van der Waals surface area contributed by atoms with Crippen LogP contribution in [0.5, 0.6) is 0 Å². The van der Waals surface area contributed by atoms with Crippen molar-refractivity contribution >= 4 is 27.3 Å². The molecule has 0 radical (unpaired) electrons. The van der Waals surface area contributed by atoms with Gasteiger partial charge in [-0.15, -0.1) is 11.3 Å². The van der Waals surface area contributed by atoms with Crippen molar-refractivity contribution in [2.24, 2.45) is 5.92 Å². The van der Waals surface area contributed by atoms with E-state index in [-0.39, 0.29) is 0 Å². The van der Waals surface area contributed by atoms with Gasteiger partial charge in [-0.2, -0.15) is 0 Å². The Morgan fingerprint density at radius 3 is 2.59 bits per heavy atom. The van der Waals surface area contributed by atoms with Crippen LogP contribution < -0.4 is 0 Å². The molecule has 17 heavy (non-hydrogen) atoms. The first-order chi connectivity index (χ1) is 8.16. The molecule has 0 aliphatic rings. The highest BCUT2D eigenvalue weighted by Gasteiger charge is 2.11. The molecule has 0 saturated carbocycles. The van der Waals surface area contributed by atoms with Crippen LogP contribution >= 0.6 is 27.3 Å². The van der Waals surface area contributed by atoms with Crippen molar-refractivity contribution in [2.75, 3.05) is 0 Å². The fourth-order valence-electron chi connectivity index (χ4n) is 1.73. The van der Waals surface area contributed by atoms with Gasteiger partial charge < -0.3 is 0 Å². The normalized spacial score (nSPS) is 11.1. The average molecular weight is 310 g/mol. The van der Waals surface area contributed by atoms with Gasteiger partial charge in [0.2, 0.25) is 0 Å². The van der Waals surface area contributed by atoms with E-state index in [4.69, 9.17) is 0 Å². The van der Waals surface area contributed by atoms with Crippen LogP contribution in [0, 0.1) is 5.92 Å². The molecular weight excluding hydrogens is 294 g/mol. The summed E-state index contributed by atoms with van der Waals surface area (Å²) in [5, 5.41) is 0. The Kier molecular flexibility index (Phi) is 4.35. The van der Waals surface area contributed by atoms with Gasteiger partial charge in [0.25, 0.3) is 0 Å². The second-order valence-corrected chi connectivity index (χ2v) is 6.82. The zero-order valence-electron chi connectivity index (χ0n) is 10.1. The number of nitrogens with zero attached hydrogens (tertiary/aromatic N) is 1. The minimum Gasteiger partial charge on any atom is -0.233 e. The van der Waals surface area contributed by atoms with Crippen LogP contribution in [0.2, 0.25) is 0 Å². The SMILES string of the molecule is CC(C)CCc1nc(Br)sc1-c1ccccc1. The summed E-state index contributed by atoms with van der Waals surface area (Å²) in [5.41, 5.74) is 2.50. The van der Waals surface area contributed by atoms with E-state index in [1.54, 1.807) is 11.3 Å². The number of aryl methyl sites for hydroxylation is 1. The lowest BCUT2D eigenvalue weighted by Gasteiger charge is -2.04. The fourth-order valence-corrected chi connectivity index (χ4v) is 3.28. The standard InChI is InChI=1S/C14H16BrNS/c1-10(2)8-9-12-13(17-14(15)16-12)11-6-4-3-5-7-11/h3-7,10H,8-9H2,1-2H3. The first-order valence-corrected chi connectivity index (χ1v) is 7.48. The first-order valence-electron chi connectivity index (χ1n) is 5.87. The molecule has 1 nitrogen and oxygen atoms in total. The average Bonchev–Trinajstić information content (AvgIpc) is 2.69. The van der Waals surface area contributed by atoms with Crippen molar-refractivity contribution in [3.63, 3.8) is 0 Å². The van der Waals surface area contributed by atoms with E-state index in [1.807, 2.05) is 6.07 Å². The lowest BCUT2D eigenvalue weighted by Crippen LogP contribution is -1.94. The van der Waals surface area contributed by atoms with Crippen molar-refractivity contribution in [1.82, 2.24) is 4.98 Å². The maximum atomic E-state index is 4.59. The summed E-state index contributed by atoms with van der Waals surface area (Å²) >= 11 is 5.22. The molecular formula is C14H16BrNS. The third kappa shape index (κ3) is 3.39. The largest absolute Gasteiger partial charge is 0.233 e. The Morgan fingerprint density at radius 1 is 1.24 bits per heavy atom. The number of halogens is 1. The predicted octanol–water partition coefficient (Wildman–Crippen LogP) is 5.16. The van der Waals surface area contributed by atoms with E-state index in [0.29, 0.717) is 0 Å². The molecule has 90 valence electrons. The monoisotopic (exact) mass is 309 g/mol. The maximum Gasteiger partial charge on any atom is 0.159 e. The lowest BCUT2D eigenvalue weighted by molar-refractivity contribution is 0.582. The predicted molar refractivity (Wildman–Crippen MR) is 78.4 cm³/mol. The van der Waals surface area contributed by atoms with Crippen molar-refractivity contribution < 1.29 is 0 Å². The summed E-state index contributed by atoms with van der Waals surface area (Å²) in [6.07, 6.45) is 2.25. The van der Waals surface area contributed by atoms with Crippen molar-refractivity contribution in [1.29, 1.82) is 0 Å². The van der Waals surface area contributed by atoms with Gasteiger partial charge in [-0.05, 0) is 40.3 Å². The highest BCUT2D eigenvalue weighted by Crippen LogP contribution is 2.33. The molecule has 0 amide bonds. The molecule has 0 bridgehead atoms. The Morgan fingerprint density at radius 2 is 1.94 bits per heavy atom. The minimum atomic E-state index is 0.721. The van der Waals surface area contributed by atoms with Gasteiger partial charge in [0.1, 0.15) is 0 Å². The van der Waals surface area contributed by atoms with Crippen molar-refractivity contribution in [3.05, 3.63) is 39.9 Å². The third-order valence-corrected chi connectivity index (χ3v) is 4.26. The number of hydrogen-bond acceptors (Lipinski definition) is 2. The van der Waals surface area contributed by atoms with Crippen molar-refractivity contribution in [2.45, 2.75) is 26.7 Å². The molecule has 0 fully saturated rings. The molecule has 0 atom stereocenters. The molecule has 0 aliphatic heterocycles. The Hall–Kier alpha value is -0.670. The Bertz CT molecular complexity index is 476. The van der Waals surface area contributed by atoms with Gasteiger partial charge in [-0.3, -0.25) is 0 Å². The zero-order valence-corrected chi connectivity index (χ0v) is 12.5. The molecule has 2 aromatic rings. The topological polar surface area (TPSA) is 12.9 Å². The highest BCUT2D eigenvalue weighted by molar-refractivity contribution is 9.11. The number of aromatic nitrogens is 1. The summed E-state index contributed by atoms with van der Waals surface area (Å²) in [6.45, 7) is 4.51. The molecule has 1 aromatic carbocycles. The van der Waals surface area contributed by atoms with Gasteiger partial charge in [0.05, 0.1) is 10.6 Å². The molecule has 2 rings (SSSR count). The molecule has 0 aliphatic carbocycles. The highest BCUT2D eigenvalue weighted by atomic mass is 79.9. The number of rotatable bonds is 4. The summed E-state index contributed by atoms with van der Waals surface area (Å²) in [7, 11) is 0. The smallest absolute Gasteiger partial charge is 0.159 e. The van der Waals surface area contributed by atoms with Crippen molar-refractivity contribution in [3.8, 4) is 10.4 Å². The quantitative estimate of drug-likeness (QED) is 0.760. The molecule has 1 heterocycles. The van der Waals surface area contributed by atoms with E-state index >= 15 is 0 Å². The lowest BCUT2D eigenvalue weighted by atomic mass is 10.0. The van der Waals surface area contributed by atoms with Crippen LogP contribution in [0.1, 0.15) is 26.0 Å². The van der Waals surface area contributed by atoms with Crippen LogP contribution in [-0.4, -0.2) is 4.98 Å². The molecule has 0 saturated heterocycles. The second-order valence-electron chi connectivity index (χ2n) is 4.54. The van der Waals surface area contributed by atoms with Gasteiger partial charge in [-0.1, -0.05) is 44.2 Å². The van der Waals surface area contributed by atoms with Crippen LogP contribution in [0.15, 0.2) is 34.2 Å². The second kappa shape index (κ2) is 5.78. The summed E-state index contributed by atoms with van der Waals surface area (Å²) in [4.78, 5) is 5.90. The van der Waals surface area contributed by atoms with Gasteiger partial charge >= 0.3 is 0 Å². The van der Waals surface area contributed by atoms with Crippen LogP contribution in [0.25, 0.3) is 10.4 Å². The first kappa shape index (κ1) is 12.8.